The van der Waals surface area contributed by atoms with E-state index in [0.29, 0.717) is 24.1 Å². The molecular formula is C14H21NO4. The molecule has 5 nitrogen and oxygen atoms in total. The molecule has 0 amide bonds. The standard InChI is InChI=1S/C14H21NO4/c1-3-13-10(4-5-18-13)7-15-8-12-6-11(9-19-12)14(16)17-2/h6,9-10,13,15H,3-5,7-8H2,1-2H3. The molecule has 1 aliphatic rings. The van der Waals surface area contributed by atoms with E-state index in [4.69, 9.17) is 9.15 Å². The molecular weight excluding hydrogens is 246 g/mol. The Bertz CT molecular complexity index is 415. The molecule has 19 heavy (non-hydrogen) atoms. The fourth-order valence-electron chi connectivity index (χ4n) is 2.46. The Kier molecular flexibility index (Phi) is 4.99. The quantitative estimate of drug-likeness (QED) is 0.798. The van der Waals surface area contributed by atoms with Crippen molar-refractivity contribution in [1.29, 1.82) is 0 Å². The summed E-state index contributed by atoms with van der Waals surface area (Å²) in [5.74, 6) is 0.942. The molecule has 2 atom stereocenters. The number of furan rings is 1. The number of nitrogens with one attached hydrogen (secondary N) is 1. The number of rotatable bonds is 6. The minimum absolute atomic E-state index is 0.370. The van der Waals surface area contributed by atoms with Crippen LogP contribution < -0.4 is 5.32 Å². The fourth-order valence-corrected chi connectivity index (χ4v) is 2.46. The summed E-state index contributed by atoms with van der Waals surface area (Å²) in [4.78, 5) is 11.3. The smallest absolute Gasteiger partial charge is 0.341 e. The summed E-state index contributed by atoms with van der Waals surface area (Å²) < 4.78 is 15.6. The zero-order valence-corrected chi connectivity index (χ0v) is 11.5. The molecule has 1 aliphatic heterocycles. The van der Waals surface area contributed by atoms with Crippen LogP contribution in [0.4, 0.5) is 0 Å². The molecule has 2 unspecified atom stereocenters. The van der Waals surface area contributed by atoms with E-state index in [-0.39, 0.29) is 5.97 Å². The van der Waals surface area contributed by atoms with Crippen LogP contribution in [0.5, 0.6) is 0 Å². The van der Waals surface area contributed by atoms with Crippen molar-refractivity contribution in [3.63, 3.8) is 0 Å². The van der Waals surface area contributed by atoms with Gasteiger partial charge >= 0.3 is 5.97 Å². The van der Waals surface area contributed by atoms with Crippen molar-refractivity contribution in [2.75, 3.05) is 20.3 Å². The first-order valence-corrected chi connectivity index (χ1v) is 6.72. The third kappa shape index (κ3) is 3.58. The second kappa shape index (κ2) is 6.73. The van der Waals surface area contributed by atoms with Gasteiger partial charge in [0.25, 0.3) is 0 Å². The van der Waals surface area contributed by atoms with Crippen LogP contribution in [0, 0.1) is 5.92 Å². The number of methoxy groups -OCH3 is 1. The van der Waals surface area contributed by atoms with Gasteiger partial charge in [-0.2, -0.15) is 0 Å². The maximum absolute atomic E-state index is 11.3. The molecule has 0 spiro atoms. The molecule has 0 saturated carbocycles. The molecule has 0 aliphatic carbocycles. The molecule has 0 bridgehead atoms. The van der Waals surface area contributed by atoms with Gasteiger partial charge < -0.3 is 19.2 Å². The molecule has 2 rings (SSSR count). The molecule has 1 aromatic heterocycles. The number of ether oxygens (including phenoxy) is 2. The van der Waals surface area contributed by atoms with Crippen molar-refractivity contribution in [3.05, 3.63) is 23.7 Å². The van der Waals surface area contributed by atoms with Crippen LogP contribution in [-0.2, 0) is 16.0 Å². The Hall–Kier alpha value is -1.33. The average molecular weight is 267 g/mol. The zero-order chi connectivity index (χ0) is 13.7. The number of carbonyl (C=O) groups excluding carboxylic acids is 1. The van der Waals surface area contributed by atoms with Gasteiger partial charge in [0.15, 0.2) is 0 Å². The van der Waals surface area contributed by atoms with Crippen LogP contribution in [0.1, 0.15) is 35.9 Å². The van der Waals surface area contributed by atoms with Gasteiger partial charge in [0.05, 0.1) is 25.3 Å². The van der Waals surface area contributed by atoms with E-state index in [0.717, 1.165) is 31.8 Å². The van der Waals surface area contributed by atoms with Crippen LogP contribution >= 0.6 is 0 Å². The second-order valence-corrected chi connectivity index (χ2v) is 4.79. The van der Waals surface area contributed by atoms with Gasteiger partial charge in [-0.15, -0.1) is 0 Å². The van der Waals surface area contributed by atoms with E-state index >= 15 is 0 Å². The monoisotopic (exact) mass is 267 g/mol. The normalized spacial score (nSPS) is 22.6. The van der Waals surface area contributed by atoms with Crippen molar-refractivity contribution < 1.29 is 18.7 Å². The summed E-state index contributed by atoms with van der Waals surface area (Å²) in [5, 5.41) is 3.35. The summed E-state index contributed by atoms with van der Waals surface area (Å²) in [7, 11) is 1.36. The van der Waals surface area contributed by atoms with Crippen molar-refractivity contribution in [2.45, 2.75) is 32.4 Å². The topological polar surface area (TPSA) is 60.7 Å². The number of esters is 1. The van der Waals surface area contributed by atoms with E-state index in [1.807, 2.05) is 0 Å². The van der Waals surface area contributed by atoms with E-state index < -0.39 is 0 Å². The number of hydrogen-bond acceptors (Lipinski definition) is 5. The largest absolute Gasteiger partial charge is 0.467 e. The van der Waals surface area contributed by atoms with E-state index in [2.05, 4.69) is 17.0 Å². The molecule has 106 valence electrons. The third-order valence-electron chi connectivity index (χ3n) is 3.53. The van der Waals surface area contributed by atoms with Crippen LogP contribution in [0.2, 0.25) is 0 Å². The van der Waals surface area contributed by atoms with E-state index in [9.17, 15) is 4.79 Å². The highest BCUT2D eigenvalue weighted by atomic mass is 16.5. The minimum Gasteiger partial charge on any atom is -0.467 e. The summed E-state index contributed by atoms with van der Waals surface area (Å²) in [6.07, 6.45) is 3.96. The van der Waals surface area contributed by atoms with Gasteiger partial charge in [-0.1, -0.05) is 6.92 Å². The Labute approximate surface area is 113 Å². The van der Waals surface area contributed by atoms with Gasteiger partial charge in [-0.25, -0.2) is 4.79 Å². The lowest BCUT2D eigenvalue weighted by Crippen LogP contribution is -2.27. The van der Waals surface area contributed by atoms with Crippen LogP contribution in [0.15, 0.2) is 16.7 Å². The maximum Gasteiger partial charge on any atom is 0.341 e. The first-order valence-electron chi connectivity index (χ1n) is 6.72. The van der Waals surface area contributed by atoms with Gasteiger partial charge in [-0.3, -0.25) is 0 Å². The van der Waals surface area contributed by atoms with Crippen molar-refractivity contribution in [3.8, 4) is 0 Å². The fraction of sp³-hybridized carbons (Fsp3) is 0.643. The molecule has 5 heteroatoms. The SMILES string of the molecule is CCC1OCCC1CNCc1cc(C(=O)OC)co1. The molecule has 1 N–H and O–H groups in total. The lowest BCUT2D eigenvalue weighted by molar-refractivity contribution is 0.0600. The van der Waals surface area contributed by atoms with Crippen LogP contribution in [-0.4, -0.2) is 32.3 Å². The highest BCUT2D eigenvalue weighted by Crippen LogP contribution is 2.22. The number of hydrogen-bond donors (Lipinski definition) is 1. The maximum atomic E-state index is 11.3. The number of carbonyl (C=O) groups is 1. The third-order valence-corrected chi connectivity index (χ3v) is 3.53. The molecule has 1 fully saturated rings. The van der Waals surface area contributed by atoms with Crippen molar-refractivity contribution in [2.24, 2.45) is 5.92 Å². The lowest BCUT2D eigenvalue weighted by Gasteiger charge is -2.16. The Balaban J connectivity index is 1.76. The predicted octanol–water partition coefficient (Wildman–Crippen LogP) is 1.97. The van der Waals surface area contributed by atoms with Crippen LogP contribution in [0.3, 0.4) is 0 Å². The van der Waals surface area contributed by atoms with Gasteiger partial charge in [0.1, 0.15) is 12.0 Å². The Morgan fingerprint density at radius 3 is 3.16 bits per heavy atom. The summed E-state index contributed by atoms with van der Waals surface area (Å²) in [5.41, 5.74) is 0.454. The average Bonchev–Trinajstić information content (AvgIpc) is 3.06. The Morgan fingerprint density at radius 1 is 1.58 bits per heavy atom. The minimum atomic E-state index is -0.370. The highest BCUT2D eigenvalue weighted by molar-refractivity contribution is 5.88. The lowest BCUT2D eigenvalue weighted by atomic mass is 10.00. The van der Waals surface area contributed by atoms with Gasteiger partial charge in [-0.05, 0) is 24.8 Å². The summed E-state index contributed by atoms with van der Waals surface area (Å²) >= 11 is 0. The Morgan fingerprint density at radius 2 is 2.42 bits per heavy atom. The molecule has 0 radical (unpaired) electrons. The van der Waals surface area contributed by atoms with Crippen molar-refractivity contribution in [1.82, 2.24) is 5.32 Å². The first-order chi connectivity index (χ1) is 9.24. The van der Waals surface area contributed by atoms with Gasteiger partial charge in [0.2, 0.25) is 0 Å². The summed E-state index contributed by atoms with van der Waals surface area (Å²) in [6, 6.07) is 1.71. The molecule has 1 saturated heterocycles. The summed E-state index contributed by atoms with van der Waals surface area (Å²) in [6.45, 7) is 4.53. The molecule has 0 aromatic carbocycles. The van der Waals surface area contributed by atoms with Crippen LogP contribution in [0.25, 0.3) is 0 Å². The highest BCUT2D eigenvalue weighted by Gasteiger charge is 2.26. The van der Waals surface area contributed by atoms with Gasteiger partial charge in [0, 0.05) is 13.2 Å². The first kappa shape index (κ1) is 14.1. The zero-order valence-electron chi connectivity index (χ0n) is 11.5. The second-order valence-electron chi connectivity index (χ2n) is 4.79. The van der Waals surface area contributed by atoms with Crippen molar-refractivity contribution >= 4 is 5.97 Å². The molecule has 2 heterocycles. The molecule has 1 aromatic rings. The predicted molar refractivity (Wildman–Crippen MR) is 69.9 cm³/mol. The van der Waals surface area contributed by atoms with E-state index in [1.165, 1.54) is 13.4 Å². The van der Waals surface area contributed by atoms with E-state index in [1.54, 1.807) is 6.07 Å².